The molecule has 0 N–H and O–H groups in total. The Morgan fingerprint density at radius 2 is 1.30 bits per heavy atom. The summed E-state index contributed by atoms with van der Waals surface area (Å²) < 4.78 is 0. The van der Waals surface area contributed by atoms with Gasteiger partial charge in [-0.05, 0) is 28.7 Å². The molecule has 4 heteroatoms. The molecule has 3 aromatic rings. The zero-order chi connectivity index (χ0) is 18.8. The predicted molar refractivity (Wildman–Crippen MR) is 130 cm³/mol. The van der Waals surface area contributed by atoms with Gasteiger partial charge in [-0.3, -0.25) is 9.80 Å². The lowest BCUT2D eigenvalue weighted by Crippen LogP contribution is -2.52. The number of hydrogen-bond donors (Lipinski definition) is 0. The molecule has 0 amide bonds. The Morgan fingerprint density at radius 1 is 0.667 bits per heavy atom. The molecule has 2 unspecified atom stereocenters. The summed E-state index contributed by atoms with van der Waals surface area (Å²) in [7, 11) is 0. The Kier molecular flexibility index (Phi) is 7.96. The Bertz CT molecular complexity index is 917. The lowest BCUT2D eigenvalue weighted by molar-refractivity contribution is 0.0633. The van der Waals surface area contributed by atoms with Crippen molar-refractivity contribution in [1.29, 1.82) is 0 Å². The number of piperazine rings is 1. The smallest absolute Gasteiger partial charge is 0.0479 e. The molecule has 0 radical (unpaired) electrons. The summed E-state index contributed by atoms with van der Waals surface area (Å²) in [6.07, 6.45) is 1.14. The van der Waals surface area contributed by atoms with Crippen LogP contribution >= 0.6 is 24.8 Å². The largest absolute Gasteiger partial charge is 0.300 e. The fourth-order valence-electron chi connectivity index (χ4n) is 4.96. The van der Waals surface area contributed by atoms with Gasteiger partial charge in [0, 0.05) is 44.7 Å². The van der Waals surface area contributed by atoms with Gasteiger partial charge in [-0.2, -0.15) is 0 Å². The third kappa shape index (κ3) is 4.73. The number of benzene rings is 3. The summed E-state index contributed by atoms with van der Waals surface area (Å²) in [6.45, 7) is 5.77. The molecule has 0 spiro atoms. The van der Waals surface area contributed by atoms with Crippen molar-refractivity contribution >= 4 is 24.8 Å². The molecule has 1 saturated heterocycles. The molecular weight excluding hydrogens is 411 g/mol. The highest BCUT2D eigenvalue weighted by molar-refractivity contribution is 5.85. The van der Waals surface area contributed by atoms with Crippen LogP contribution in [0.3, 0.4) is 0 Å². The van der Waals surface area contributed by atoms with Crippen molar-refractivity contribution in [3.8, 4) is 0 Å². The van der Waals surface area contributed by atoms with Crippen LogP contribution in [0.15, 0.2) is 84.9 Å². The molecule has 0 saturated carbocycles. The molecule has 2 atom stereocenters. The molecular formula is C26H30Cl2N2. The van der Waals surface area contributed by atoms with E-state index in [2.05, 4.69) is 94.7 Å². The van der Waals surface area contributed by atoms with E-state index in [9.17, 15) is 0 Å². The maximum atomic E-state index is 2.72. The summed E-state index contributed by atoms with van der Waals surface area (Å²) in [6, 6.07) is 31.6. The molecule has 2 heterocycles. The quantitative estimate of drug-likeness (QED) is 0.522. The van der Waals surface area contributed by atoms with Crippen molar-refractivity contribution < 1.29 is 0 Å². The van der Waals surface area contributed by atoms with E-state index in [1.165, 1.54) is 28.8 Å². The van der Waals surface area contributed by atoms with E-state index in [0.29, 0.717) is 12.0 Å². The second kappa shape index (κ2) is 10.5. The SMILES string of the molecule is Cl.Cl.c1ccc(CCN2CCN3CC(c4ccccc4)c4ccccc4C3C2)cc1. The third-order valence-corrected chi connectivity index (χ3v) is 6.48. The number of rotatable bonds is 4. The van der Waals surface area contributed by atoms with Gasteiger partial charge in [0.15, 0.2) is 0 Å². The van der Waals surface area contributed by atoms with Crippen LogP contribution in [0.5, 0.6) is 0 Å². The first-order valence-electron chi connectivity index (χ1n) is 10.5. The van der Waals surface area contributed by atoms with E-state index >= 15 is 0 Å². The van der Waals surface area contributed by atoms with Crippen LogP contribution in [-0.4, -0.2) is 42.5 Å². The van der Waals surface area contributed by atoms with Crippen LogP contribution in [0.4, 0.5) is 0 Å². The third-order valence-electron chi connectivity index (χ3n) is 6.48. The average Bonchev–Trinajstić information content (AvgIpc) is 2.78. The topological polar surface area (TPSA) is 6.48 Å². The molecule has 1 fully saturated rings. The zero-order valence-corrected chi connectivity index (χ0v) is 18.8. The molecule has 30 heavy (non-hydrogen) atoms. The zero-order valence-electron chi connectivity index (χ0n) is 17.2. The Labute approximate surface area is 192 Å². The monoisotopic (exact) mass is 440 g/mol. The Balaban J connectivity index is 0.00000128. The molecule has 2 aliphatic rings. The van der Waals surface area contributed by atoms with Crippen LogP contribution in [0, 0.1) is 0 Å². The summed E-state index contributed by atoms with van der Waals surface area (Å²) in [5.74, 6) is 0.490. The molecule has 158 valence electrons. The molecule has 3 aromatic carbocycles. The van der Waals surface area contributed by atoms with Crippen molar-refractivity contribution in [2.45, 2.75) is 18.4 Å². The van der Waals surface area contributed by atoms with Gasteiger partial charge in [-0.25, -0.2) is 0 Å². The van der Waals surface area contributed by atoms with E-state index in [-0.39, 0.29) is 24.8 Å². The summed E-state index contributed by atoms with van der Waals surface area (Å²) in [4.78, 5) is 5.38. The molecule has 0 aliphatic carbocycles. The Hall–Kier alpha value is -1.84. The van der Waals surface area contributed by atoms with Crippen LogP contribution in [0.1, 0.15) is 34.2 Å². The van der Waals surface area contributed by atoms with Gasteiger partial charge >= 0.3 is 0 Å². The van der Waals surface area contributed by atoms with E-state index < -0.39 is 0 Å². The van der Waals surface area contributed by atoms with E-state index in [4.69, 9.17) is 0 Å². The van der Waals surface area contributed by atoms with Gasteiger partial charge in [0.2, 0.25) is 0 Å². The molecule has 2 aliphatic heterocycles. The Morgan fingerprint density at radius 3 is 2.03 bits per heavy atom. The van der Waals surface area contributed by atoms with Crippen molar-refractivity contribution in [3.05, 3.63) is 107 Å². The van der Waals surface area contributed by atoms with Crippen LogP contribution in [-0.2, 0) is 6.42 Å². The highest BCUT2D eigenvalue weighted by Crippen LogP contribution is 2.40. The fourth-order valence-corrected chi connectivity index (χ4v) is 4.96. The van der Waals surface area contributed by atoms with Gasteiger partial charge in [-0.1, -0.05) is 84.9 Å². The molecule has 2 nitrogen and oxygen atoms in total. The standard InChI is InChI=1S/C26H28N2.2ClH/c1-3-9-21(10-4-1)15-16-27-17-18-28-19-25(22-11-5-2-6-12-22)23-13-7-8-14-24(23)26(28)20-27;;/h1-14,25-26H,15-20H2;2*1H. The highest BCUT2D eigenvalue weighted by atomic mass is 35.5. The van der Waals surface area contributed by atoms with E-state index in [1.54, 1.807) is 0 Å². The van der Waals surface area contributed by atoms with Gasteiger partial charge in [0.05, 0.1) is 0 Å². The maximum absolute atomic E-state index is 2.72. The lowest BCUT2D eigenvalue weighted by atomic mass is 9.80. The summed E-state index contributed by atoms with van der Waals surface area (Å²) in [5, 5.41) is 0. The first-order chi connectivity index (χ1) is 13.9. The van der Waals surface area contributed by atoms with Crippen molar-refractivity contribution in [3.63, 3.8) is 0 Å². The maximum Gasteiger partial charge on any atom is 0.0479 e. The predicted octanol–water partition coefficient (Wildman–Crippen LogP) is 5.58. The number of hydrogen-bond acceptors (Lipinski definition) is 2. The van der Waals surface area contributed by atoms with Gasteiger partial charge in [0.25, 0.3) is 0 Å². The first-order valence-corrected chi connectivity index (χ1v) is 10.5. The highest BCUT2D eigenvalue weighted by Gasteiger charge is 2.36. The minimum atomic E-state index is 0. The summed E-state index contributed by atoms with van der Waals surface area (Å²) in [5.41, 5.74) is 5.95. The molecule has 5 rings (SSSR count). The second-order valence-corrected chi connectivity index (χ2v) is 8.14. The van der Waals surface area contributed by atoms with Gasteiger partial charge in [0.1, 0.15) is 0 Å². The number of nitrogens with zero attached hydrogens (tertiary/aromatic N) is 2. The van der Waals surface area contributed by atoms with Crippen LogP contribution < -0.4 is 0 Å². The minimum absolute atomic E-state index is 0. The van der Waals surface area contributed by atoms with E-state index in [1.807, 2.05) is 0 Å². The van der Waals surface area contributed by atoms with Gasteiger partial charge in [-0.15, -0.1) is 24.8 Å². The normalized spacial score (nSPS) is 20.9. The van der Waals surface area contributed by atoms with E-state index in [0.717, 1.165) is 32.6 Å². The fraction of sp³-hybridized carbons (Fsp3) is 0.308. The average molecular weight is 441 g/mol. The van der Waals surface area contributed by atoms with Crippen LogP contribution in [0.25, 0.3) is 0 Å². The first kappa shape index (κ1) is 22.8. The van der Waals surface area contributed by atoms with Crippen molar-refractivity contribution in [1.82, 2.24) is 9.80 Å². The number of fused-ring (bicyclic) bond motifs is 3. The van der Waals surface area contributed by atoms with Gasteiger partial charge < -0.3 is 0 Å². The second-order valence-electron chi connectivity index (χ2n) is 8.14. The van der Waals surface area contributed by atoms with Crippen LogP contribution in [0.2, 0.25) is 0 Å². The number of halogens is 2. The summed E-state index contributed by atoms with van der Waals surface area (Å²) >= 11 is 0. The molecule has 0 aromatic heterocycles. The lowest BCUT2D eigenvalue weighted by Gasteiger charge is -2.47. The van der Waals surface area contributed by atoms with Crippen molar-refractivity contribution in [2.75, 3.05) is 32.7 Å². The van der Waals surface area contributed by atoms with Crippen molar-refractivity contribution in [2.24, 2.45) is 0 Å². The minimum Gasteiger partial charge on any atom is -0.300 e. The molecule has 0 bridgehead atoms.